The van der Waals surface area contributed by atoms with Crippen LogP contribution in [0.3, 0.4) is 0 Å². The molecule has 2 aromatic rings. The monoisotopic (exact) mass is 388 g/mol. The molecule has 0 fully saturated rings. The zero-order valence-corrected chi connectivity index (χ0v) is 14.8. The molecule has 0 atom stereocenters. The summed E-state index contributed by atoms with van der Waals surface area (Å²) in [6.07, 6.45) is 0.809. The van der Waals surface area contributed by atoms with E-state index in [0.29, 0.717) is 17.8 Å². The lowest BCUT2D eigenvalue weighted by Crippen LogP contribution is -2.32. The Kier molecular flexibility index (Phi) is 4.97. The summed E-state index contributed by atoms with van der Waals surface area (Å²) in [5.41, 5.74) is 3.15. The van der Waals surface area contributed by atoms with Gasteiger partial charge in [0, 0.05) is 29.5 Å². The van der Waals surface area contributed by atoms with Crippen molar-refractivity contribution in [1.29, 1.82) is 0 Å². The maximum atomic E-state index is 12.4. The van der Waals surface area contributed by atoms with Gasteiger partial charge in [0.05, 0.1) is 5.56 Å². The van der Waals surface area contributed by atoms with Gasteiger partial charge in [0.25, 0.3) is 11.8 Å². The number of ether oxygens (including phenoxy) is 1. The van der Waals surface area contributed by atoms with Crippen molar-refractivity contribution >= 4 is 39.1 Å². The van der Waals surface area contributed by atoms with E-state index in [1.807, 2.05) is 36.4 Å². The first kappa shape index (κ1) is 16.7. The molecule has 0 saturated heterocycles. The van der Waals surface area contributed by atoms with Crippen molar-refractivity contribution in [3.8, 4) is 0 Å². The van der Waals surface area contributed by atoms with Crippen molar-refractivity contribution in [2.45, 2.75) is 6.42 Å². The highest BCUT2D eigenvalue weighted by Crippen LogP contribution is 2.31. The number of anilines is 2. The van der Waals surface area contributed by atoms with Crippen molar-refractivity contribution in [3.05, 3.63) is 58.1 Å². The Morgan fingerprint density at radius 3 is 2.79 bits per heavy atom. The molecule has 1 aliphatic rings. The number of nitrogens with one attached hydrogen (secondary N) is 1. The van der Waals surface area contributed by atoms with Crippen molar-refractivity contribution in [3.63, 3.8) is 0 Å². The largest absolute Gasteiger partial charge is 0.375 e. The smallest absolute Gasteiger partial charge is 0.256 e. The lowest BCUT2D eigenvalue weighted by molar-refractivity contribution is -0.122. The summed E-state index contributed by atoms with van der Waals surface area (Å²) >= 11 is 3.38. The van der Waals surface area contributed by atoms with Gasteiger partial charge < -0.3 is 15.0 Å². The normalized spacial score (nSPS) is 12.8. The van der Waals surface area contributed by atoms with E-state index in [1.54, 1.807) is 11.0 Å². The number of carbonyl (C=O) groups excluding carboxylic acids is 2. The minimum Gasteiger partial charge on any atom is -0.375 e. The molecule has 124 valence electrons. The van der Waals surface area contributed by atoms with E-state index in [0.717, 1.165) is 22.1 Å². The average molecular weight is 389 g/mol. The molecule has 0 radical (unpaired) electrons. The van der Waals surface area contributed by atoms with Gasteiger partial charge in [-0.1, -0.05) is 18.2 Å². The van der Waals surface area contributed by atoms with E-state index < -0.39 is 0 Å². The summed E-state index contributed by atoms with van der Waals surface area (Å²) in [4.78, 5) is 26.2. The maximum absolute atomic E-state index is 12.4. The Labute approximate surface area is 148 Å². The van der Waals surface area contributed by atoms with Crippen molar-refractivity contribution in [1.82, 2.24) is 0 Å². The third-order valence-electron chi connectivity index (χ3n) is 3.93. The van der Waals surface area contributed by atoms with Gasteiger partial charge in [-0.25, -0.2) is 0 Å². The average Bonchev–Trinajstić information content (AvgIpc) is 2.98. The van der Waals surface area contributed by atoms with Gasteiger partial charge in [-0.05, 0) is 52.2 Å². The summed E-state index contributed by atoms with van der Waals surface area (Å²) < 4.78 is 5.67. The molecule has 0 aromatic heterocycles. The number of carbonyl (C=O) groups is 2. The van der Waals surface area contributed by atoms with Crippen LogP contribution in [0.2, 0.25) is 0 Å². The van der Waals surface area contributed by atoms with E-state index in [4.69, 9.17) is 4.74 Å². The van der Waals surface area contributed by atoms with Crippen LogP contribution in [-0.2, 0) is 16.0 Å². The summed E-state index contributed by atoms with van der Waals surface area (Å²) in [6.45, 7) is 0.687. The van der Waals surface area contributed by atoms with Gasteiger partial charge in [-0.15, -0.1) is 0 Å². The van der Waals surface area contributed by atoms with Crippen LogP contribution in [0.25, 0.3) is 0 Å². The number of halogens is 1. The molecule has 1 aliphatic heterocycles. The number of hydrogen-bond donors (Lipinski definition) is 1. The fourth-order valence-corrected chi connectivity index (χ4v) is 3.23. The molecule has 2 aromatic carbocycles. The van der Waals surface area contributed by atoms with Crippen LogP contribution in [0.5, 0.6) is 0 Å². The van der Waals surface area contributed by atoms with Crippen LogP contribution in [0.4, 0.5) is 11.4 Å². The Balaban J connectivity index is 1.82. The fraction of sp³-hybridized carbons (Fsp3) is 0.222. The number of methoxy groups -OCH3 is 1. The first-order chi connectivity index (χ1) is 11.6. The molecular formula is C18H17BrN2O3. The number of nitrogens with zero attached hydrogens (tertiary/aromatic N) is 1. The van der Waals surface area contributed by atoms with Crippen LogP contribution >= 0.6 is 15.9 Å². The van der Waals surface area contributed by atoms with Crippen molar-refractivity contribution in [2.75, 3.05) is 30.5 Å². The standard InChI is InChI=1S/C18H17BrN2O3/c1-24-11-17(22)21-9-8-12-6-7-13(10-16(12)21)20-18(23)14-4-2-3-5-15(14)19/h2-7,10H,8-9,11H2,1H3,(H,20,23). The molecule has 2 amide bonds. The van der Waals surface area contributed by atoms with Gasteiger partial charge in [0.1, 0.15) is 6.61 Å². The lowest BCUT2D eigenvalue weighted by atomic mass is 10.1. The highest BCUT2D eigenvalue weighted by atomic mass is 79.9. The number of hydrogen-bond acceptors (Lipinski definition) is 3. The quantitative estimate of drug-likeness (QED) is 0.874. The molecule has 0 bridgehead atoms. The molecule has 1 heterocycles. The van der Waals surface area contributed by atoms with Gasteiger partial charge in [-0.2, -0.15) is 0 Å². The van der Waals surface area contributed by atoms with Crippen LogP contribution in [0.1, 0.15) is 15.9 Å². The minimum atomic E-state index is -0.199. The Morgan fingerprint density at radius 1 is 1.25 bits per heavy atom. The molecule has 5 nitrogen and oxygen atoms in total. The van der Waals surface area contributed by atoms with Crippen LogP contribution < -0.4 is 10.2 Å². The molecule has 6 heteroatoms. The molecule has 24 heavy (non-hydrogen) atoms. The molecule has 0 saturated carbocycles. The summed E-state index contributed by atoms with van der Waals surface area (Å²) in [5, 5.41) is 2.88. The highest BCUT2D eigenvalue weighted by molar-refractivity contribution is 9.10. The lowest BCUT2D eigenvalue weighted by Gasteiger charge is -2.17. The van der Waals surface area contributed by atoms with Gasteiger partial charge in [-0.3, -0.25) is 9.59 Å². The van der Waals surface area contributed by atoms with E-state index >= 15 is 0 Å². The highest BCUT2D eigenvalue weighted by Gasteiger charge is 2.25. The SMILES string of the molecule is COCC(=O)N1CCc2ccc(NC(=O)c3ccccc3Br)cc21. The Hall–Kier alpha value is -2.18. The predicted molar refractivity (Wildman–Crippen MR) is 96.5 cm³/mol. The van der Waals surface area contributed by atoms with E-state index in [-0.39, 0.29) is 18.4 Å². The maximum Gasteiger partial charge on any atom is 0.256 e. The molecule has 0 aliphatic carbocycles. The second kappa shape index (κ2) is 7.15. The first-order valence-corrected chi connectivity index (χ1v) is 8.37. The number of amides is 2. The molecule has 1 N–H and O–H groups in total. The van der Waals surface area contributed by atoms with E-state index in [1.165, 1.54) is 7.11 Å². The van der Waals surface area contributed by atoms with E-state index in [2.05, 4.69) is 21.2 Å². The first-order valence-electron chi connectivity index (χ1n) is 7.58. The van der Waals surface area contributed by atoms with Gasteiger partial charge in [0.15, 0.2) is 0 Å². The summed E-state index contributed by atoms with van der Waals surface area (Å²) in [5.74, 6) is -0.277. The summed E-state index contributed by atoms with van der Waals surface area (Å²) in [7, 11) is 1.50. The van der Waals surface area contributed by atoms with Gasteiger partial charge >= 0.3 is 0 Å². The second-order valence-electron chi connectivity index (χ2n) is 5.51. The molecule has 0 spiro atoms. The third-order valence-corrected chi connectivity index (χ3v) is 4.62. The Bertz CT molecular complexity index is 792. The van der Waals surface area contributed by atoms with Crippen molar-refractivity contribution < 1.29 is 14.3 Å². The van der Waals surface area contributed by atoms with Crippen molar-refractivity contribution in [2.24, 2.45) is 0 Å². The number of benzene rings is 2. The molecular weight excluding hydrogens is 372 g/mol. The fourth-order valence-electron chi connectivity index (χ4n) is 2.76. The summed E-state index contributed by atoms with van der Waals surface area (Å²) in [6, 6.07) is 12.9. The predicted octanol–water partition coefficient (Wildman–Crippen LogP) is 3.24. The topological polar surface area (TPSA) is 58.6 Å². The number of rotatable bonds is 4. The zero-order valence-electron chi connectivity index (χ0n) is 13.2. The minimum absolute atomic E-state index is 0.0486. The molecule has 0 unspecified atom stereocenters. The van der Waals surface area contributed by atoms with Crippen LogP contribution in [0.15, 0.2) is 46.9 Å². The van der Waals surface area contributed by atoms with Crippen LogP contribution in [0, 0.1) is 0 Å². The third kappa shape index (κ3) is 3.34. The van der Waals surface area contributed by atoms with Crippen LogP contribution in [-0.4, -0.2) is 32.1 Å². The second-order valence-corrected chi connectivity index (χ2v) is 6.36. The van der Waals surface area contributed by atoms with E-state index in [9.17, 15) is 9.59 Å². The molecule has 3 rings (SSSR count). The number of fused-ring (bicyclic) bond motifs is 1. The Morgan fingerprint density at radius 2 is 2.04 bits per heavy atom. The van der Waals surface area contributed by atoms with Gasteiger partial charge in [0.2, 0.25) is 0 Å². The zero-order chi connectivity index (χ0) is 17.1.